The van der Waals surface area contributed by atoms with Crippen LogP contribution in [-0.2, 0) is 16.0 Å². The summed E-state index contributed by atoms with van der Waals surface area (Å²) in [4.78, 5) is 28.1. The van der Waals surface area contributed by atoms with Crippen molar-refractivity contribution in [1.29, 1.82) is 0 Å². The predicted octanol–water partition coefficient (Wildman–Crippen LogP) is 4.30. The van der Waals surface area contributed by atoms with Gasteiger partial charge in [-0.3, -0.25) is 9.59 Å². The van der Waals surface area contributed by atoms with Crippen LogP contribution in [0.25, 0.3) is 0 Å². The first-order valence-electron chi connectivity index (χ1n) is 12.2. The highest BCUT2D eigenvalue weighted by Crippen LogP contribution is 2.33. The first-order chi connectivity index (χ1) is 17.3. The van der Waals surface area contributed by atoms with Gasteiger partial charge in [0.2, 0.25) is 0 Å². The molecule has 2 heterocycles. The van der Waals surface area contributed by atoms with Gasteiger partial charge in [-0.2, -0.15) is 0 Å². The van der Waals surface area contributed by atoms with Crippen LogP contribution in [0.3, 0.4) is 0 Å². The number of carbonyl (C=O) groups is 2. The van der Waals surface area contributed by atoms with E-state index in [1.54, 1.807) is 23.5 Å². The Kier molecular flexibility index (Phi) is 8.80. The van der Waals surface area contributed by atoms with Crippen molar-refractivity contribution in [2.24, 2.45) is 0 Å². The van der Waals surface area contributed by atoms with Gasteiger partial charge in [0, 0.05) is 28.9 Å². The summed E-state index contributed by atoms with van der Waals surface area (Å²) >= 11 is 7.72. The fourth-order valence-corrected chi connectivity index (χ4v) is 5.83. The lowest BCUT2D eigenvalue weighted by Crippen LogP contribution is -2.50. The lowest BCUT2D eigenvalue weighted by molar-refractivity contribution is -0.153. The normalized spacial score (nSPS) is 18.0. The first kappa shape index (κ1) is 26.4. The van der Waals surface area contributed by atoms with Crippen molar-refractivity contribution in [3.8, 4) is 0 Å². The summed E-state index contributed by atoms with van der Waals surface area (Å²) < 4.78 is 0. The molecular formula is C28H31ClN2O4S. The zero-order valence-corrected chi connectivity index (χ0v) is 21.7. The van der Waals surface area contributed by atoms with E-state index in [9.17, 15) is 19.8 Å². The Labute approximate surface area is 220 Å². The summed E-state index contributed by atoms with van der Waals surface area (Å²) in [6.45, 7) is 2.91. The van der Waals surface area contributed by atoms with E-state index in [0.29, 0.717) is 24.5 Å². The number of hydrogen-bond acceptors (Lipinski definition) is 5. The second kappa shape index (κ2) is 12.0. The predicted molar refractivity (Wildman–Crippen MR) is 142 cm³/mol. The van der Waals surface area contributed by atoms with Gasteiger partial charge in [0.05, 0.1) is 6.04 Å². The van der Waals surface area contributed by atoms with Gasteiger partial charge in [-0.05, 0) is 59.5 Å². The van der Waals surface area contributed by atoms with E-state index >= 15 is 0 Å². The van der Waals surface area contributed by atoms with Gasteiger partial charge in [-0.25, -0.2) is 0 Å². The molecule has 36 heavy (non-hydrogen) atoms. The van der Waals surface area contributed by atoms with Crippen molar-refractivity contribution in [1.82, 2.24) is 10.2 Å². The minimum Gasteiger partial charge on any atom is -0.380 e. The molecule has 1 aromatic heterocycles. The molecule has 1 saturated heterocycles. The quantitative estimate of drug-likeness (QED) is 0.388. The third-order valence-electron chi connectivity index (χ3n) is 6.73. The van der Waals surface area contributed by atoms with Crippen molar-refractivity contribution in [3.63, 3.8) is 0 Å². The fourth-order valence-electron chi connectivity index (χ4n) is 4.64. The highest BCUT2D eigenvalue weighted by Gasteiger charge is 2.38. The molecule has 8 heteroatoms. The average Bonchev–Trinajstić information content (AvgIpc) is 3.57. The zero-order chi connectivity index (χ0) is 25.7. The van der Waals surface area contributed by atoms with Gasteiger partial charge in [0.15, 0.2) is 12.2 Å². The number of nitrogens with one attached hydrogen (secondary N) is 1. The van der Waals surface area contributed by atoms with Crippen LogP contribution in [0.2, 0.25) is 5.02 Å². The second-order valence-electron chi connectivity index (χ2n) is 9.15. The summed E-state index contributed by atoms with van der Waals surface area (Å²) in [5.74, 6) is -1.14. The van der Waals surface area contributed by atoms with E-state index < -0.39 is 24.0 Å². The molecule has 3 N–H and O–H groups in total. The number of rotatable bonds is 9. The number of aliphatic hydroxyl groups excluding tert-OH is 2. The molecule has 1 unspecified atom stereocenters. The molecule has 4 atom stereocenters. The summed E-state index contributed by atoms with van der Waals surface area (Å²) in [7, 11) is 0. The molecule has 0 radical (unpaired) electrons. The highest BCUT2D eigenvalue weighted by molar-refractivity contribution is 7.10. The zero-order valence-electron chi connectivity index (χ0n) is 20.1. The third kappa shape index (κ3) is 6.16. The maximum absolute atomic E-state index is 12.9. The number of likely N-dealkylation sites (tertiary alicyclic amines) is 1. The smallest absolute Gasteiger partial charge is 0.255 e. The maximum atomic E-state index is 12.9. The van der Waals surface area contributed by atoms with Crippen molar-refractivity contribution in [2.45, 2.75) is 50.4 Å². The van der Waals surface area contributed by atoms with Crippen LogP contribution in [0.15, 0.2) is 66.0 Å². The molecule has 1 aliphatic rings. The lowest BCUT2D eigenvalue weighted by atomic mass is 9.95. The Balaban J connectivity index is 1.28. The van der Waals surface area contributed by atoms with Crippen molar-refractivity contribution >= 4 is 34.8 Å². The summed E-state index contributed by atoms with van der Waals surface area (Å²) in [5, 5.41) is 26.2. The molecule has 1 fully saturated rings. The average molecular weight is 527 g/mol. The Morgan fingerprint density at radius 1 is 1.08 bits per heavy atom. The first-order valence-corrected chi connectivity index (χ1v) is 13.4. The largest absolute Gasteiger partial charge is 0.380 e. The second-order valence-corrected chi connectivity index (χ2v) is 10.6. The molecule has 0 spiro atoms. The molecule has 1 aliphatic heterocycles. The number of halogens is 1. The maximum Gasteiger partial charge on any atom is 0.255 e. The summed E-state index contributed by atoms with van der Waals surface area (Å²) in [6, 6.07) is 19.4. The number of nitrogens with zero attached hydrogens (tertiary/aromatic N) is 1. The third-order valence-corrected chi connectivity index (χ3v) is 7.98. The Morgan fingerprint density at radius 3 is 2.61 bits per heavy atom. The van der Waals surface area contributed by atoms with E-state index in [1.807, 2.05) is 30.3 Å². The fraction of sp³-hybridized carbons (Fsp3) is 0.357. The summed E-state index contributed by atoms with van der Waals surface area (Å²) in [6.07, 6.45) is -1.58. The van der Waals surface area contributed by atoms with Crippen LogP contribution in [0, 0.1) is 0 Å². The van der Waals surface area contributed by atoms with E-state index in [0.717, 1.165) is 23.3 Å². The van der Waals surface area contributed by atoms with Crippen LogP contribution < -0.4 is 5.32 Å². The van der Waals surface area contributed by atoms with Crippen molar-refractivity contribution < 1.29 is 19.8 Å². The highest BCUT2D eigenvalue weighted by atomic mass is 35.5. The molecule has 0 aliphatic carbocycles. The Morgan fingerprint density at radius 2 is 1.86 bits per heavy atom. The molecule has 3 aromatic rings. The molecular weight excluding hydrogens is 496 g/mol. The van der Waals surface area contributed by atoms with Gasteiger partial charge in [0.25, 0.3) is 11.8 Å². The molecule has 190 valence electrons. The van der Waals surface area contributed by atoms with Crippen LogP contribution in [0.1, 0.15) is 53.3 Å². The van der Waals surface area contributed by atoms with Crippen molar-refractivity contribution in [2.75, 3.05) is 13.1 Å². The minimum atomic E-state index is -1.84. The van der Waals surface area contributed by atoms with Gasteiger partial charge in [-0.15, -0.1) is 11.3 Å². The number of carbonyl (C=O) groups excluding carboxylic acids is 2. The van der Waals surface area contributed by atoms with Gasteiger partial charge < -0.3 is 20.4 Å². The SMILES string of the molecule is CC(c1ccccc1)c1csc(CCNC(=O)[C@H](O)[C@@H](O)C(=O)N2CCC[C@@H]2c2cccc(Cl)c2)c1. The molecule has 6 nitrogen and oxygen atoms in total. The molecule has 0 bridgehead atoms. The lowest BCUT2D eigenvalue weighted by Gasteiger charge is -2.28. The van der Waals surface area contributed by atoms with Crippen molar-refractivity contribution in [3.05, 3.63) is 92.6 Å². The molecule has 2 amide bonds. The van der Waals surface area contributed by atoms with Crippen LogP contribution in [0.4, 0.5) is 0 Å². The molecule has 0 saturated carbocycles. The monoisotopic (exact) mass is 526 g/mol. The number of amides is 2. The van der Waals surface area contributed by atoms with Gasteiger partial charge >= 0.3 is 0 Å². The van der Waals surface area contributed by atoms with Crippen LogP contribution in [0.5, 0.6) is 0 Å². The van der Waals surface area contributed by atoms with E-state index in [2.05, 4.69) is 35.8 Å². The van der Waals surface area contributed by atoms with Crippen LogP contribution in [-0.4, -0.2) is 52.2 Å². The Bertz CT molecular complexity index is 1190. The number of benzene rings is 2. The summed E-state index contributed by atoms with van der Waals surface area (Å²) in [5.41, 5.74) is 3.33. The van der Waals surface area contributed by atoms with Crippen LogP contribution >= 0.6 is 22.9 Å². The number of hydrogen-bond donors (Lipinski definition) is 3. The Hall–Kier alpha value is -2.71. The van der Waals surface area contributed by atoms with E-state index in [1.165, 1.54) is 16.0 Å². The standard InChI is InChI=1S/C28H31ClN2O4S/c1-18(19-7-3-2-4-8-19)21-16-23(36-17-21)12-13-30-27(34)25(32)26(33)28(35)31-14-6-11-24(31)20-9-5-10-22(29)15-20/h2-5,7-10,15-18,24-26,32-33H,6,11-14H2,1H3,(H,30,34)/t18?,24-,25-,26-/m1/s1. The number of aliphatic hydroxyl groups is 2. The molecule has 4 rings (SSSR count). The topological polar surface area (TPSA) is 89.9 Å². The number of thiophene rings is 1. The molecule has 2 aromatic carbocycles. The van der Waals surface area contributed by atoms with E-state index in [-0.39, 0.29) is 12.0 Å². The van der Waals surface area contributed by atoms with E-state index in [4.69, 9.17) is 11.6 Å². The van der Waals surface area contributed by atoms with Gasteiger partial charge in [0.1, 0.15) is 0 Å². The minimum absolute atomic E-state index is 0.243. The van der Waals surface area contributed by atoms with Gasteiger partial charge in [-0.1, -0.05) is 61.0 Å².